The van der Waals surface area contributed by atoms with E-state index in [4.69, 9.17) is 4.52 Å². The SMILES string of the molecule is CCN(Cc1noc(C2CCC2)n1)C(=O)Nc1cccc2n[nH]nc12. The average Bonchev–Trinajstić information content (AvgIpc) is 3.20. The Morgan fingerprint density at radius 2 is 2.28 bits per heavy atom. The van der Waals surface area contributed by atoms with Crippen LogP contribution >= 0.6 is 0 Å². The molecule has 9 nitrogen and oxygen atoms in total. The number of carbonyl (C=O) groups excluding carboxylic acids is 1. The van der Waals surface area contributed by atoms with Crippen molar-refractivity contribution in [3.8, 4) is 0 Å². The lowest BCUT2D eigenvalue weighted by molar-refractivity contribution is 0.210. The number of para-hydroxylation sites is 1. The van der Waals surface area contributed by atoms with Crippen LogP contribution in [-0.2, 0) is 6.54 Å². The molecule has 2 heterocycles. The van der Waals surface area contributed by atoms with Gasteiger partial charge in [-0.2, -0.15) is 20.4 Å². The molecule has 25 heavy (non-hydrogen) atoms. The lowest BCUT2D eigenvalue weighted by Crippen LogP contribution is -2.34. The highest BCUT2D eigenvalue weighted by molar-refractivity contribution is 5.98. The smallest absolute Gasteiger partial charge is 0.322 e. The van der Waals surface area contributed by atoms with E-state index in [1.54, 1.807) is 11.0 Å². The van der Waals surface area contributed by atoms with Crippen LogP contribution in [0.5, 0.6) is 0 Å². The molecule has 2 aromatic heterocycles. The van der Waals surface area contributed by atoms with Crippen molar-refractivity contribution in [1.82, 2.24) is 30.5 Å². The zero-order valence-electron chi connectivity index (χ0n) is 13.9. The van der Waals surface area contributed by atoms with Gasteiger partial charge in [0.2, 0.25) is 5.89 Å². The molecule has 130 valence electrons. The number of nitrogens with one attached hydrogen (secondary N) is 2. The van der Waals surface area contributed by atoms with Crippen LogP contribution in [0.15, 0.2) is 22.7 Å². The topological polar surface area (TPSA) is 113 Å². The molecule has 4 rings (SSSR count). The number of hydrogen-bond acceptors (Lipinski definition) is 6. The average molecular weight is 341 g/mol. The number of hydrogen-bond donors (Lipinski definition) is 2. The van der Waals surface area contributed by atoms with Crippen LogP contribution in [0.2, 0.25) is 0 Å². The van der Waals surface area contributed by atoms with E-state index in [0.29, 0.717) is 47.4 Å². The van der Waals surface area contributed by atoms with Crippen LogP contribution in [0, 0.1) is 0 Å². The van der Waals surface area contributed by atoms with E-state index in [1.165, 1.54) is 6.42 Å². The van der Waals surface area contributed by atoms with Gasteiger partial charge in [-0.05, 0) is 31.9 Å². The molecule has 0 atom stereocenters. The first-order valence-corrected chi connectivity index (χ1v) is 8.42. The predicted octanol–water partition coefficient (Wildman–Crippen LogP) is 2.66. The molecule has 1 fully saturated rings. The van der Waals surface area contributed by atoms with Gasteiger partial charge in [-0.3, -0.25) is 0 Å². The van der Waals surface area contributed by atoms with Crippen molar-refractivity contribution in [3.05, 3.63) is 29.9 Å². The van der Waals surface area contributed by atoms with Gasteiger partial charge in [0, 0.05) is 12.5 Å². The standard InChI is InChI=1S/C16H19N7O2/c1-2-23(9-13-18-15(25-21-13)10-5-3-6-10)16(24)17-11-7-4-8-12-14(11)20-22-19-12/h4,7-8,10H,2-3,5-6,9H2,1H3,(H,17,24)(H,19,20,22). The first kappa shape index (κ1) is 15.6. The Hall–Kier alpha value is -2.97. The highest BCUT2D eigenvalue weighted by atomic mass is 16.5. The van der Waals surface area contributed by atoms with Crippen molar-refractivity contribution < 1.29 is 9.32 Å². The molecule has 0 saturated heterocycles. The first-order chi connectivity index (χ1) is 12.2. The van der Waals surface area contributed by atoms with Gasteiger partial charge in [-0.1, -0.05) is 17.6 Å². The predicted molar refractivity (Wildman–Crippen MR) is 89.9 cm³/mol. The van der Waals surface area contributed by atoms with Gasteiger partial charge in [-0.15, -0.1) is 0 Å². The van der Waals surface area contributed by atoms with Crippen LogP contribution in [-0.4, -0.2) is 43.0 Å². The Bertz CT molecular complexity index is 883. The van der Waals surface area contributed by atoms with Gasteiger partial charge in [-0.25, -0.2) is 4.79 Å². The maximum atomic E-state index is 12.6. The Balaban J connectivity index is 1.45. The number of rotatable bonds is 5. The van der Waals surface area contributed by atoms with E-state index in [1.807, 2.05) is 19.1 Å². The summed E-state index contributed by atoms with van der Waals surface area (Å²) >= 11 is 0. The van der Waals surface area contributed by atoms with E-state index in [0.717, 1.165) is 12.8 Å². The maximum Gasteiger partial charge on any atom is 0.322 e. The highest BCUT2D eigenvalue weighted by Crippen LogP contribution is 2.35. The third-order valence-corrected chi connectivity index (χ3v) is 4.53. The number of fused-ring (bicyclic) bond motifs is 1. The number of carbonyl (C=O) groups is 1. The van der Waals surface area contributed by atoms with Crippen molar-refractivity contribution in [3.63, 3.8) is 0 Å². The fraction of sp³-hybridized carbons (Fsp3) is 0.438. The molecule has 0 aliphatic heterocycles. The fourth-order valence-corrected chi connectivity index (χ4v) is 2.81. The molecule has 1 aliphatic rings. The number of anilines is 1. The minimum Gasteiger partial charge on any atom is -0.339 e. The lowest BCUT2D eigenvalue weighted by Gasteiger charge is -2.21. The lowest BCUT2D eigenvalue weighted by atomic mass is 9.85. The van der Waals surface area contributed by atoms with Crippen molar-refractivity contribution in [2.75, 3.05) is 11.9 Å². The van der Waals surface area contributed by atoms with Gasteiger partial charge in [0.25, 0.3) is 0 Å². The van der Waals surface area contributed by atoms with E-state index in [2.05, 4.69) is 30.9 Å². The van der Waals surface area contributed by atoms with Gasteiger partial charge >= 0.3 is 6.03 Å². The third kappa shape index (κ3) is 3.04. The summed E-state index contributed by atoms with van der Waals surface area (Å²) in [7, 11) is 0. The molecule has 2 N–H and O–H groups in total. The van der Waals surface area contributed by atoms with Gasteiger partial charge in [0.05, 0.1) is 12.2 Å². The zero-order chi connectivity index (χ0) is 17.2. The highest BCUT2D eigenvalue weighted by Gasteiger charge is 2.26. The molecule has 1 aromatic carbocycles. The molecule has 9 heteroatoms. The molecular weight excluding hydrogens is 322 g/mol. The molecular formula is C16H19N7O2. The van der Waals surface area contributed by atoms with Crippen molar-refractivity contribution >= 4 is 22.8 Å². The molecule has 0 unspecified atom stereocenters. The molecule has 0 radical (unpaired) electrons. The second-order valence-corrected chi connectivity index (χ2v) is 6.12. The second-order valence-electron chi connectivity index (χ2n) is 6.12. The summed E-state index contributed by atoms with van der Waals surface area (Å²) in [6, 6.07) is 5.20. The Kier molecular flexibility index (Phi) is 4.04. The summed E-state index contributed by atoms with van der Waals surface area (Å²) in [5.41, 5.74) is 1.93. The summed E-state index contributed by atoms with van der Waals surface area (Å²) in [5, 5.41) is 17.5. The Morgan fingerprint density at radius 1 is 1.40 bits per heavy atom. The van der Waals surface area contributed by atoms with Crippen LogP contribution in [0.4, 0.5) is 10.5 Å². The maximum absolute atomic E-state index is 12.6. The Labute approximate surface area is 143 Å². The second kappa shape index (κ2) is 6.50. The van der Waals surface area contributed by atoms with Gasteiger partial charge < -0.3 is 14.7 Å². The van der Waals surface area contributed by atoms with Gasteiger partial charge in [0.1, 0.15) is 11.0 Å². The summed E-state index contributed by atoms with van der Waals surface area (Å²) in [6.45, 7) is 2.73. The molecule has 0 bridgehead atoms. The van der Waals surface area contributed by atoms with Crippen LogP contribution < -0.4 is 5.32 Å². The summed E-state index contributed by atoms with van der Waals surface area (Å²) in [6.07, 6.45) is 3.40. The summed E-state index contributed by atoms with van der Waals surface area (Å²) in [5.74, 6) is 1.60. The first-order valence-electron chi connectivity index (χ1n) is 8.42. The fourth-order valence-electron chi connectivity index (χ4n) is 2.81. The normalized spacial score (nSPS) is 14.4. The minimum atomic E-state index is -0.243. The third-order valence-electron chi connectivity index (χ3n) is 4.53. The van der Waals surface area contributed by atoms with E-state index < -0.39 is 0 Å². The molecule has 3 aromatic rings. The zero-order valence-corrected chi connectivity index (χ0v) is 13.9. The van der Waals surface area contributed by atoms with Crippen LogP contribution in [0.3, 0.4) is 0 Å². The molecule has 1 aliphatic carbocycles. The van der Waals surface area contributed by atoms with E-state index >= 15 is 0 Å². The van der Waals surface area contributed by atoms with Gasteiger partial charge in [0.15, 0.2) is 5.82 Å². The van der Waals surface area contributed by atoms with E-state index in [-0.39, 0.29) is 6.03 Å². The van der Waals surface area contributed by atoms with Crippen LogP contribution in [0.25, 0.3) is 11.0 Å². The summed E-state index contributed by atoms with van der Waals surface area (Å²) < 4.78 is 5.32. The van der Waals surface area contributed by atoms with Crippen molar-refractivity contribution in [2.24, 2.45) is 0 Å². The number of nitrogens with zero attached hydrogens (tertiary/aromatic N) is 5. The monoisotopic (exact) mass is 341 g/mol. The quantitative estimate of drug-likeness (QED) is 0.737. The molecule has 0 spiro atoms. The number of amides is 2. The van der Waals surface area contributed by atoms with E-state index in [9.17, 15) is 4.79 Å². The molecule has 1 saturated carbocycles. The minimum absolute atomic E-state index is 0.243. The largest absolute Gasteiger partial charge is 0.339 e. The summed E-state index contributed by atoms with van der Waals surface area (Å²) in [4.78, 5) is 18.6. The van der Waals surface area contributed by atoms with Crippen molar-refractivity contribution in [1.29, 1.82) is 0 Å². The van der Waals surface area contributed by atoms with Crippen LogP contribution in [0.1, 0.15) is 43.8 Å². The van der Waals surface area contributed by atoms with Crippen molar-refractivity contribution in [2.45, 2.75) is 38.6 Å². The number of aromatic amines is 1. The number of urea groups is 1. The number of benzene rings is 1. The molecule has 2 amide bonds. The number of H-pyrrole nitrogens is 1. The number of aromatic nitrogens is 5. The Morgan fingerprint density at radius 3 is 3.04 bits per heavy atom.